The van der Waals surface area contributed by atoms with Crippen molar-refractivity contribution in [1.82, 2.24) is 19.5 Å². The first kappa shape index (κ1) is 34.7. The molecule has 0 saturated carbocycles. The number of nitrogens with zero attached hydrogens (tertiary/aromatic N) is 4. The van der Waals surface area contributed by atoms with Crippen molar-refractivity contribution in [3.05, 3.63) is 108 Å². The Kier molecular flexibility index (Phi) is 10.5. The molecule has 0 aliphatic rings. The topological polar surface area (TPSA) is 56.7 Å². The van der Waals surface area contributed by atoms with E-state index in [0.29, 0.717) is 5.92 Å². The Labute approximate surface area is 294 Å². The van der Waals surface area contributed by atoms with Crippen LogP contribution in [-0.2, 0) is 26.5 Å². The van der Waals surface area contributed by atoms with Crippen LogP contribution in [0, 0.1) is 25.0 Å². The van der Waals surface area contributed by atoms with Crippen molar-refractivity contribution < 1.29 is 24.5 Å². The molecular weight excluding hydrogens is 817 g/mol. The van der Waals surface area contributed by atoms with Gasteiger partial charge in [-0.05, 0) is 50.4 Å². The van der Waals surface area contributed by atoms with E-state index >= 15 is 0 Å². The molecule has 0 unspecified atom stereocenters. The number of rotatable bonds is 6. The molecule has 47 heavy (non-hydrogen) atoms. The van der Waals surface area contributed by atoms with Gasteiger partial charge in [0, 0.05) is 31.8 Å². The third kappa shape index (κ3) is 7.30. The molecule has 0 atom stereocenters. The quantitative estimate of drug-likeness (QED) is 0.124. The van der Waals surface area contributed by atoms with Crippen LogP contribution < -0.4 is 4.40 Å². The van der Waals surface area contributed by atoms with Crippen molar-refractivity contribution in [3.63, 3.8) is 0 Å². The van der Waals surface area contributed by atoms with Crippen LogP contribution in [0.15, 0.2) is 89.5 Å². The molecular formula is C40H42GeIrN4O-2. The summed E-state index contributed by atoms with van der Waals surface area (Å²) in [4.78, 5) is 14.3. The second-order valence-electron chi connectivity index (χ2n) is 13.7. The molecule has 7 aromatic rings. The molecule has 0 aliphatic heterocycles. The molecule has 5 nitrogen and oxygen atoms in total. The van der Waals surface area contributed by atoms with Crippen LogP contribution in [0.4, 0.5) is 0 Å². The zero-order chi connectivity index (χ0) is 32.6. The van der Waals surface area contributed by atoms with Crippen LogP contribution in [0.3, 0.4) is 0 Å². The molecule has 0 spiro atoms. The normalized spacial score (nSPS) is 11.7. The van der Waals surface area contributed by atoms with Gasteiger partial charge in [0.25, 0.3) is 0 Å². The zero-order valence-corrected chi connectivity index (χ0v) is 33.0. The minimum Gasteiger partial charge on any atom is -0.499 e. The third-order valence-corrected chi connectivity index (χ3v) is 12.5. The summed E-state index contributed by atoms with van der Waals surface area (Å²) >= 11 is -1.86. The van der Waals surface area contributed by atoms with Gasteiger partial charge in [-0.1, -0.05) is 17.7 Å². The fraction of sp³-hybridized carbons (Fsp3) is 0.275. The average molecular weight is 860 g/mol. The minimum atomic E-state index is -1.86. The minimum absolute atomic E-state index is 0. The predicted octanol–water partition coefficient (Wildman–Crippen LogP) is 9.98. The Morgan fingerprint density at radius 3 is 2.34 bits per heavy atom. The van der Waals surface area contributed by atoms with E-state index in [0.717, 1.165) is 67.9 Å². The Morgan fingerprint density at radius 1 is 0.872 bits per heavy atom. The maximum Gasteiger partial charge on any atom is 0.139 e. The van der Waals surface area contributed by atoms with Gasteiger partial charge in [0.2, 0.25) is 0 Å². The SMILES string of the molecule is CC(C)Cc1cc(-c2[c-]cccc2)nc[c]1[Ge]([CH3])([CH3])[CH3].Cc1ccc2oc3c(-c4nc5ccccc5n4C(C)C)[c-]ccc3c2n1.[Ir]. The summed E-state index contributed by atoms with van der Waals surface area (Å²) in [6.07, 6.45) is 3.27. The van der Waals surface area contributed by atoms with E-state index in [1.807, 2.05) is 67.6 Å². The molecule has 7 rings (SSSR count). The van der Waals surface area contributed by atoms with Gasteiger partial charge in [-0.2, -0.15) is 0 Å². The van der Waals surface area contributed by atoms with Crippen molar-refractivity contribution >= 4 is 50.8 Å². The van der Waals surface area contributed by atoms with Crippen LogP contribution in [0.5, 0.6) is 0 Å². The van der Waals surface area contributed by atoms with Crippen LogP contribution in [0.2, 0.25) is 17.3 Å². The van der Waals surface area contributed by atoms with Crippen molar-refractivity contribution in [2.24, 2.45) is 5.92 Å². The van der Waals surface area contributed by atoms with E-state index in [1.54, 1.807) is 4.40 Å². The summed E-state index contributed by atoms with van der Waals surface area (Å²) in [6, 6.07) is 33.4. The largest absolute Gasteiger partial charge is 0.499 e. The maximum atomic E-state index is 6.18. The fourth-order valence-corrected chi connectivity index (χ4v) is 9.43. The maximum absolute atomic E-state index is 6.18. The summed E-state index contributed by atoms with van der Waals surface area (Å²) in [6.45, 7) is 10.9. The number of hydrogen-bond acceptors (Lipinski definition) is 4. The van der Waals surface area contributed by atoms with Gasteiger partial charge in [0.15, 0.2) is 0 Å². The van der Waals surface area contributed by atoms with E-state index in [-0.39, 0.29) is 26.1 Å². The number of aromatic nitrogens is 4. The standard InChI is InChI=1S/C22H18N3O.C18H24GeN.Ir/c1-13(2)25-18-10-5-4-9-17(18)24-22(25)16-8-6-7-15-20-19(26-21(15)16)12-11-14(3)23-20;1-14(2)11-16-12-18(15-9-7-6-8-10-15)20-13-17(16)19(3,4)5;/h4-7,9-13H,1-3H3;6-9,12-14H,11H2,1-5H3;/q2*-1;. The predicted molar refractivity (Wildman–Crippen MR) is 194 cm³/mol. The number of fused-ring (bicyclic) bond motifs is 4. The molecule has 1 radical (unpaired) electrons. The number of imidazole rings is 1. The molecule has 0 amide bonds. The molecule has 0 aliphatic carbocycles. The van der Waals surface area contributed by atoms with Crippen LogP contribution in [0.25, 0.3) is 55.7 Å². The molecule has 0 bridgehead atoms. The first-order valence-corrected chi connectivity index (χ1v) is 23.5. The Hall–Kier alpha value is -3.58. The number of aryl methyl sites for hydroxylation is 1. The van der Waals surface area contributed by atoms with Gasteiger partial charge in [-0.3, -0.25) is 9.97 Å². The van der Waals surface area contributed by atoms with E-state index < -0.39 is 13.3 Å². The van der Waals surface area contributed by atoms with Crippen molar-refractivity contribution in [2.75, 3.05) is 0 Å². The van der Waals surface area contributed by atoms with Gasteiger partial charge in [0.1, 0.15) is 5.58 Å². The average Bonchev–Trinajstić information content (AvgIpc) is 3.59. The number of pyridine rings is 2. The smallest absolute Gasteiger partial charge is 0.139 e. The molecule has 243 valence electrons. The van der Waals surface area contributed by atoms with E-state index in [1.165, 1.54) is 5.56 Å². The summed E-state index contributed by atoms with van der Waals surface area (Å²) in [7, 11) is 0. The van der Waals surface area contributed by atoms with Gasteiger partial charge >= 0.3 is 126 Å². The van der Waals surface area contributed by atoms with E-state index in [4.69, 9.17) is 14.4 Å². The van der Waals surface area contributed by atoms with Gasteiger partial charge in [-0.25, -0.2) is 0 Å². The van der Waals surface area contributed by atoms with E-state index in [9.17, 15) is 0 Å². The summed E-state index contributed by atoms with van der Waals surface area (Å²) in [5, 5.41) is 1.000. The first-order valence-electron chi connectivity index (χ1n) is 16.2. The first-order chi connectivity index (χ1) is 22.0. The number of furan rings is 1. The van der Waals surface area contributed by atoms with Crippen molar-refractivity contribution in [1.29, 1.82) is 0 Å². The Bertz CT molecular complexity index is 2140. The molecule has 7 heteroatoms. The number of hydrogen-bond donors (Lipinski definition) is 0. The number of benzene rings is 3. The second-order valence-corrected chi connectivity index (χ2v) is 24.3. The van der Waals surface area contributed by atoms with Gasteiger partial charge in [-0.15, -0.1) is 18.2 Å². The second kappa shape index (κ2) is 14.3. The molecule has 0 saturated heterocycles. The molecule has 0 fully saturated rings. The zero-order valence-electron chi connectivity index (χ0n) is 28.5. The molecule has 4 aromatic heterocycles. The fourth-order valence-electron chi connectivity index (χ4n) is 6.10. The van der Waals surface area contributed by atoms with E-state index in [2.05, 4.69) is 91.0 Å². The summed E-state index contributed by atoms with van der Waals surface area (Å²) < 4.78 is 9.96. The Morgan fingerprint density at radius 2 is 1.64 bits per heavy atom. The van der Waals surface area contributed by atoms with Crippen LogP contribution in [-0.4, -0.2) is 32.8 Å². The third-order valence-electron chi connectivity index (χ3n) is 8.16. The van der Waals surface area contributed by atoms with Crippen LogP contribution >= 0.6 is 0 Å². The molecule has 4 heterocycles. The summed E-state index contributed by atoms with van der Waals surface area (Å²) in [5.74, 6) is 8.87. The number of para-hydroxylation sites is 2. The van der Waals surface area contributed by atoms with Crippen molar-refractivity contribution in [3.8, 4) is 22.6 Å². The summed E-state index contributed by atoms with van der Waals surface area (Å²) in [5.41, 5.74) is 10.1. The molecule has 0 N–H and O–H groups in total. The van der Waals surface area contributed by atoms with Crippen molar-refractivity contribution in [2.45, 2.75) is 64.4 Å². The monoisotopic (exact) mass is 861 g/mol. The Balaban J connectivity index is 0.000000188. The molecule has 3 aromatic carbocycles. The van der Waals surface area contributed by atoms with Crippen LogP contribution in [0.1, 0.15) is 45.0 Å². The van der Waals surface area contributed by atoms with Gasteiger partial charge < -0.3 is 8.98 Å². The van der Waals surface area contributed by atoms with Gasteiger partial charge in [0.05, 0.1) is 28.0 Å².